The van der Waals surface area contributed by atoms with Gasteiger partial charge in [0.05, 0.1) is 5.75 Å². The summed E-state index contributed by atoms with van der Waals surface area (Å²) in [6.45, 7) is 0. The Hall–Kier alpha value is -0.190. The number of hydrogen-bond acceptors (Lipinski definition) is 3. The fourth-order valence-corrected chi connectivity index (χ4v) is 3.34. The van der Waals surface area contributed by atoms with Gasteiger partial charge in [-0.05, 0) is 11.1 Å². The third-order valence-electron chi connectivity index (χ3n) is 2.43. The third kappa shape index (κ3) is 3.13. The second-order valence-corrected chi connectivity index (χ2v) is 7.51. The van der Waals surface area contributed by atoms with Crippen LogP contribution in [0.5, 0.6) is 0 Å². The minimum absolute atomic E-state index is 0.0890. The Morgan fingerprint density at radius 3 is 2.27 bits per heavy atom. The average Bonchev–Trinajstić information content (AvgIpc) is 2.02. The zero-order valence-corrected chi connectivity index (χ0v) is 10.4. The van der Waals surface area contributed by atoms with E-state index >= 15 is 0 Å². The van der Waals surface area contributed by atoms with Gasteiger partial charge in [0.1, 0.15) is 0 Å². The van der Waals surface area contributed by atoms with Crippen LogP contribution in [-0.4, -0.2) is 19.9 Å². The van der Waals surface area contributed by atoms with Gasteiger partial charge in [-0.15, -0.1) is 0 Å². The maximum absolute atomic E-state index is 10.8. The summed E-state index contributed by atoms with van der Waals surface area (Å²) in [4.78, 5) is 0. The molecule has 82 valence electrons. The van der Waals surface area contributed by atoms with E-state index in [0.717, 1.165) is 5.56 Å². The molecular weight excluding hydrogens is 252 g/mol. The van der Waals surface area contributed by atoms with Crippen molar-refractivity contribution in [2.75, 3.05) is 11.5 Å². The van der Waals surface area contributed by atoms with Crippen LogP contribution in [-0.2, 0) is 14.8 Å². The van der Waals surface area contributed by atoms with Gasteiger partial charge in [-0.2, -0.15) is 11.8 Å². The number of benzene rings is 1. The van der Waals surface area contributed by atoms with Gasteiger partial charge in [-0.25, -0.2) is 8.42 Å². The highest BCUT2D eigenvalue weighted by Gasteiger charge is 2.19. The van der Waals surface area contributed by atoms with Gasteiger partial charge in [-0.1, -0.05) is 24.3 Å². The predicted molar refractivity (Wildman–Crippen MR) is 65.0 cm³/mol. The lowest BCUT2D eigenvalue weighted by Crippen LogP contribution is -2.15. The van der Waals surface area contributed by atoms with E-state index in [0.29, 0.717) is 5.92 Å². The largest absolute Gasteiger partial charge is 0.236 e. The SMILES string of the molecule is O=S(=O)(Cl)Cc1ccc(C2CSC2)cc1. The van der Waals surface area contributed by atoms with E-state index < -0.39 is 9.05 Å². The smallest absolute Gasteiger partial charge is 0.212 e. The molecule has 1 heterocycles. The van der Waals surface area contributed by atoms with Crippen molar-refractivity contribution in [1.29, 1.82) is 0 Å². The Kier molecular flexibility index (Phi) is 3.28. The molecule has 1 aliphatic rings. The molecule has 0 unspecified atom stereocenters. The zero-order valence-electron chi connectivity index (χ0n) is 8.02. The molecule has 0 aliphatic carbocycles. The molecular formula is C10H11ClO2S2. The quantitative estimate of drug-likeness (QED) is 0.786. The lowest BCUT2D eigenvalue weighted by atomic mass is 10.0. The molecule has 1 aliphatic heterocycles. The molecule has 0 bridgehead atoms. The first-order valence-corrected chi connectivity index (χ1v) is 8.27. The van der Waals surface area contributed by atoms with E-state index in [1.807, 2.05) is 36.0 Å². The molecule has 1 fully saturated rings. The van der Waals surface area contributed by atoms with Crippen molar-refractivity contribution in [3.05, 3.63) is 35.4 Å². The lowest BCUT2D eigenvalue weighted by molar-refractivity contribution is 0.609. The van der Waals surface area contributed by atoms with Gasteiger partial charge in [0, 0.05) is 28.1 Å². The topological polar surface area (TPSA) is 34.1 Å². The molecule has 15 heavy (non-hydrogen) atoms. The molecule has 0 N–H and O–H groups in total. The third-order valence-corrected chi connectivity index (χ3v) is 4.71. The van der Waals surface area contributed by atoms with Gasteiger partial charge in [0.15, 0.2) is 0 Å². The summed E-state index contributed by atoms with van der Waals surface area (Å²) >= 11 is 1.94. The van der Waals surface area contributed by atoms with Crippen molar-refractivity contribution in [3.63, 3.8) is 0 Å². The minimum Gasteiger partial charge on any atom is -0.212 e. The lowest BCUT2D eigenvalue weighted by Gasteiger charge is -2.25. The van der Waals surface area contributed by atoms with Crippen molar-refractivity contribution < 1.29 is 8.42 Å². The average molecular weight is 263 g/mol. The molecule has 1 aromatic carbocycles. The van der Waals surface area contributed by atoms with E-state index in [9.17, 15) is 8.42 Å². The van der Waals surface area contributed by atoms with Crippen LogP contribution in [0.2, 0.25) is 0 Å². The fourth-order valence-electron chi connectivity index (χ4n) is 1.51. The number of hydrogen-bond donors (Lipinski definition) is 0. The molecule has 0 aromatic heterocycles. The van der Waals surface area contributed by atoms with Crippen molar-refractivity contribution >= 4 is 31.5 Å². The van der Waals surface area contributed by atoms with Crippen molar-refractivity contribution in [2.24, 2.45) is 0 Å². The van der Waals surface area contributed by atoms with Crippen LogP contribution in [0.15, 0.2) is 24.3 Å². The molecule has 0 atom stereocenters. The molecule has 0 radical (unpaired) electrons. The Labute approximate surface area is 98.4 Å². The van der Waals surface area contributed by atoms with E-state index in [1.54, 1.807) is 0 Å². The molecule has 1 saturated heterocycles. The first-order valence-electron chi connectivity index (χ1n) is 4.63. The normalized spacial score (nSPS) is 17.4. The molecule has 1 aromatic rings. The highest BCUT2D eigenvalue weighted by molar-refractivity contribution is 8.13. The Balaban J connectivity index is 2.10. The van der Waals surface area contributed by atoms with Crippen molar-refractivity contribution in [3.8, 4) is 0 Å². The van der Waals surface area contributed by atoms with Crippen molar-refractivity contribution in [2.45, 2.75) is 11.7 Å². The molecule has 2 nitrogen and oxygen atoms in total. The summed E-state index contributed by atoms with van der Waals surface area (Å²) in [5.41, 5.74) is 2.05. The maximum atomic E-state index is 10.8. The fraction of sp³-hybridized carbons (Fsp3) is 0.400. The maximum Gasteiger partial charge on any atom is 0.236 e. The van der Waals surface area contributed by atoms with E-state index in [-0.39, 0.29) is 5.75 Å². The van der Waals surface area contributed by atoms with Gasteiger partial charge in [0.2, 0.25) is 9.05 Å². The summed E-state index contributed by atoms with van der Waals surface area (Å²) in [6.07, 6.45) is 0. The summed E-state index contributed by atoms with van der Waals surface area (Å²) in [5, 5.41) is 0. The van der Waals surface area contributed by atoms with Crippen LogP contribution in [0.4, 0.5) is 0 Å². The predicted octanol–water partition coefficient (Wildman–Crippen LogP) is 2.59. The van der Waals surface area contributed by atoms with Crippen molar-refractivity contribution in [1.82, 2.24) is 0 Å². The zero-order chi connectivity index (χ0) is 10.9. The van der Waals surface area contributed by atoms with Gasteiger partial charge < -0.3 is 0 Å². The molecule has 2 rings (SSSR count). The van der Waals surface area contributed by atoms with Gasteiger partial charge in [0.25, 0.3) is 0 Å². The van der Waals surface area contributed by atoms with Gasteiger partial charge >= 0.3 is 0 Å². The van der Waals surface area contributed by atoms with Crippen LogP contribution in [0.1, 0.15) is 17.0 Å². The number of halogens is 1. The summed E-state index contributed by atoms with van der Waals surface area (Å²) in [5.74, 6) is 2.91. The minimum atomic E-state index is -3.43. The number of thioether (sulfide) groups is 1. The van der Waals surface area contributed by atoms with Crippen LogP contribution in [0.25, 0.3) is 0 Å². The summed E-state index contributed by atoms with van der Waals surface area (Å²) < 4.78 is 21.7. The second kappa shape index (κ2) is 4.36. The first-order chi connectivity index (χ1) is 7.04. The molecule has 0 saturated carbocycles. The number of rotatable bonds is 3. The Bertz CT molecular complexity index is 435. The van der Waals surface area contributed by atoms with E-state index in [1.165, 1.54) is 17.1 Å². The Morgan fingerprint density at radius 1 is 1.27 bits per heavy atom. The van der Waals surface area contributed by atoms with Crippen LogP contribution in [0.3, 0.4) is 0 Å². The van der Waals surface area contributed by atoms with E-state index in [2.05, 4.69) is 0 Å². The van der Waals surface area contributed by atoms with E-state index in [4.69, 9.17) is 10.7 Å². The first kappa shape index (κ1) is 11.3. The monoisotopic (exact) mass is 262 g/mol. The molecule has 5 heteroatoms. The summed E-state index contributed by atoms with van der Waals surface area (Å²) in [7, 11) is 1.74. The van der Waals surface area contributed by atoms with Gasteiger partial charge in [-0.3, -0.25) is 0 Å². The Morgan fingerprint density at radius 2 is 1.87 bits per heavy atom. The molecule has 0 spiro atoms. The second-order valence-electron chi connectivity index (χ2n) is 3.66. The molecule has 0 amide bonds. The highest BCUT2D eigenvalue weighted by Crippen LogP contribution is 2.33. The van der Waals surface area contributed by atoms with Crippen LogP contribution < -0.4 is 0 Å². The standard InChI is InChI=1S/C10H11ClO2S2/c11-15(12,13)7-8-1-3-9(4-2-8)10-5-14-6-10/h1-4,10H,5-7H2. The van der Waals surface area contributed by atoms with Crippen LogP contribution >= 0.6 is 22.4 Å². The summed E-state index contributed by atoms with van der Waals surface area (Å²) in [6, 6.07) is 7.69. The van der Waals surface area contributed by atoms with Crippen LogP contribution in [0, 0.1) is 0 Å². The highest BCUT2D eigenvalue weighted by atomic mass is 35.7.